The third kappa shape index (κ3) is 4.52. The molecule has 0 unspecified atom stereocenters. The van der Waals surface area contributed by atoms with E-state index in [0.717, 1.165) is 11.3 Å². The van der Waals surface area contributed by atoms with Crippen molar-refractivity contribution in [3.05, 3.63) is 58.2 Å². The van der Waals surface area contributed by atoms with Gasteiger partial charge in [0.05, 0.1) is 11.6 Å². The lowest BCUT2D eigenvalue weighted by Gasteiger charge is -2.11. The lowest BCUT2D eigenvalue weighted by Crippen LogP contribution is -2.43. The Morgan fingerprint density at radius 1 is 1.11 bits per heavy atom. The number of amides is 2. The number of thiophene rings is 1. The van der Waals surface area contributed by atoms with Crippen LogP contribution < -0.4 is 20.3 Å². The highest BCUT2D eigenvalue weighted by Crippen LogP contribution is 2.35. The number of carbonyl (C=O) groups is 2. The van der Waals surface area contributed by atoms with Crippen molar-refractivity contribution in [1.29, 1.82) is 0 Å². The van der Waals surface area contributed by atoms with Gasteiger partial charge in [0.25, 0.3) is 11.8 Å². The van der Waals surface area contributed by atoms with Crippen LogP contribution in [0, 0.1) is 5.82 Å². The largest absolute Gasteiger partial charge is 0.490 e. The van der Waals surface area contributed by atoms with Gasteiger partial charge in [-0.05, 0) is 37.3 Å². The molecule has 6 nitrogen and oxygen atoms in total. The average Bonchev–Trinajstić information content (AvgIpc) is 3.01. The fraction of sp³-hybridized carbons (Fsp3) is 0.158. The summed E-state index contributed by atoms with van der Waals surface area (Å²) in [6, 6.07) is 11.0. The maximum absolute atomic E-state index is 13.3. The molecule has 0 saturated heterocycles. The predicted octanol–water partition coefficient (Wildman–Crippen LogP) is 3.93. The van der Waals surface area contributed by atoms with Crippen LogP contribution in [0.5, 0.6) is 11.5 Å². The van der Waals surface area contributed by atoms with Crippen LogP contribution in [0.1, 0.15) is 16.6 Å². The summed E-state index contributed by atoms with van der Waals surface area (Å²) in [4.78, 5) is 24.4. The van der Waals surface area contributed by atoms with Crippen LogP contribution >= 0.6 is 22.9 Å². The Kier molecular flexibility index (Phi) is 6.33. The Labute approximate surface area is 169 Å². The summed E-state index contributed by atoms with van der Waals surface area (Å²) in [5.41, 5.74) is 4.53. The van der Waals surface area contributed by atoms with Crippen LogP contribution in [0.15, 0.2) is 42.5 Å². The minimum absolute atomic E-state index is 0.171. The molecule has 0 radical (unpaired) electrons. The molecule has 0 aliphatic carbocycles. The molecule has 0 bridgehead atoms. The number of hydrazine groups is 1. The molecule has 2 amide bonds. The highest BCUT2D eigenvalue weighted by molar-refractivity contribution is 7.21. The molecule has 9 heteroatoms. The van der Waals surface area contributed by atoms with E-state index in [0.29, 0.717) is 28.2 Å². The molecule has 146 valence electrons. The minimum Gasteiger partial charge on any atom is -0.490 e. The third-order valence-corrected chi connectivity index (χ3v) is 5.28. The molecule has 0 aliphatic rings. The number of ether oxygens (including phenoxy) is 2. The lowest BCUT2D eigenvalue weighted by molar-refractivity contribution is -0.123. The molecule has 1 heterocycles. The van der Waals surface area contributed by atoms with E-state index in [1.54, 1.807) is 24.3 Å². The van der Waals surface area contributed by atoms with E-state index in [1.165, 1.54) is 18.2 Å². The topological polar surface area (TPSA) is 76.7 Å². The first-order valence-corrected chi connectivity index (χ1v) is 9.50. The SMILES string of the molecule is CCOc1ccccc1OCC(=O)NNC(=O)c1sc2cc(F)ccc2c1Cl. The van der Waals surface area contributed by atoms with E-state index in [1.807, 2.05) is 6.92 Å². The second-order valence-corrected chi connectivity index (χ2v) is 6.99. The molecule has 2 aromatic carbocycles. The van der Waals surface area contributed by atoms with Crippen molar-refractivity contribution >= 4 is 44.8 Å². The van der Waals surface area contributed by atoms with Gasteiger partial charge in [0.15, 0.2) is 18.1 Å². The summed E-state index contributed by atoms with van der Waals surface area (Å²) in [6.45, 7) is 1.98. The zero-order valence-corrected chi connectivity index (χ0v) is 16.3. The highest BCUT2D eigenvalue weighted by atomic mass is 35.5. The van der Waals surface area contributed by atoms with Gasteiger partial charge in [-0.25, -0.2) is 4.39 Å². The van der Waals surface area contributed by atoms with E-state index in [2.05, 4.69) is 10.9 Å². The number of hydrogen-bond donors (Lipinski definition) is 2. The van der Waals surface area contributed by atoms with Crippen LogP contribution in [0.4, 0.5) is 4.39 Å². The molecule has 2 N–H and O–H groups in total. The smallest absolute Gasteiger partial charge is 0.281 e. The summed E-state index contributed by atoms with van der Waals surface area (Å²) in [5.74, 6) is -0.653. The average molecular weight is 423 g/mol. The number of carbonyl (C=O) groups excluding carboxylic acids is 2. The molecule has 0 atom stereocenters. The van der Waals surface area contributed by atoms with Crippen LogP contribution in [0.3, 0.4) is 0 Å². The second kappa shape index (κ2) is 8.90. The minimum atomic E-state index is -0.602. The molecule has 1 aromatic heterocycles. The van der Waals surface area contributed by atoms with Crippen molar-refractivity contribution in [3.8, 4) is 11.5 Å². The van der Waals surface area contributed by atoms with Crippen molar-refractivity contribution in [1.82, 2.24) is 10.9 Å². The van der Waals surface area contributed by atoms with Crippen molar-refractivity contribution in [2.75, 3.05) is 13.2 Å². The maximum atomic E-state index is 13.3. The van der Waals surface area contributed by atoms with Gasteiger partial charge < -0.3 is 9.47 Å². The zero-order chi connectivity index (χ0) is 20.1. The number of nitrogens with one attached hydrogen (secondary N) is 2. The van der Waals surface area contributed by atoms with Gasteiger partial charge >= 0.3 is 0 Å². The van der Waals surface area contributed by atoms with E-state index in [9.17, 15) is 14.0 Å². The molecule has 28 heavy (non-hydrogen) atoms. The summed E-state index contributed by atoms with van der Waals surface area (Å²) < 4.78 is 24.7. The van der Waals surface area contributed by atoms with E-state index in [-0.39, 0.29) is 16.5 Å². The zero-order valence-electron chi connectivity index (χ0n) is 14.8. The molecule has 0 saturated carbocycles. The summed E-state index contributed by atoms with van der Waals surface area (Å²) in [7, 11) is 0. The molecule has 0 fully saturated rings. The Morgan fingerprint density at radius 3 is 2.54 bits per heavy atom. The van der Waals surface area contributed by atoms with Crippen LogP contribution in [0.25, 0.3) is 10.1 Å². The van der Waals surface area contributed by atoms with Gasteiger partial charge in [0, 0.05) is 10.1 Å². The summed E-state index contributed by atoms with van der Waals surface area (Å²) in [5, 5.41) is 0.772. The molecule has 3 aromatic rings. The number of fused-ring (bicyclic) bond motifs is 1. The monoisotopic (exact) mass is 422 g/mol. The third-order valence-electron chi connectivity index (χ3n) is 3.62. The fourth-order valence-electron chi connectivity index (χ4n) is 2.39. The lowest BCUT2D eigenvalue weighted by atomic mass is 10.2. The molecular weight excluding hydrogens is 407 g/mol. The number of rotatable bonds is 6. The molecule has 0 spiro atoms. The summed E-state index contributed by atoms with van der Waals surface area (Å²) >= 11 is 7.22. The Bertz CT molecular complexity index is 1020. The Morgan fingerprint density at radius 2 is 1.82 bits per heavy atom. The van der Waals surface area contributed by atoms with Gasteiger partial charge in [-0.15, -0.1) is 11.3 Å². The van der Waals surface area contributed by atoms with E-state index in [4.69, 9.17) is 21.1 Å². The number of hydrogen-bond acceptors (Lipinski definition) is 5. The normalized spacial score (nSPS) is 10.5. The van der Waals surface area contributed by atoms with Crippen molar-refractivity contribution in [2.24, 2.45) is 0 Å². The van der Waals surface area contributed by atoms with Gasteiger partial charge in [-0.1, -0.05) is 23.7 Å². The Hall–Kier alpha value is -2.84. The van der Waals surface area contributed by atoms with Crippen molar-refractivity contribution in [2.45, 2.75) is 6.92 Å². The van der Waals surface area contributed by atoms with E-state index < -0.39 is 17.6 Å². The van der Waals surface area contributed by atoms with Crippen molar-refractivity contribution < 1.29 is 23.5 Å². The predicted molar refractivity (Wildman–Crippen MR) is 106 cm³/mol. The summed E-state index contributed by atoms with van der Waals surface area (Å²) in [6.07, 6.45) is 0. The van der Waals surface area contributed by atoms with Crippen LogP contribution in [-0.4, -0.2) is 25.0 Å². The first-order valence-electron chi connectivity index (χ1n) is 8.31. The van der Waals surface area contributed by atoms with Crippen LogP contribution in [-0.2, 0) is 4.79 Å². The molecule has 3 rings (SSSR count). The number of halogens is 2. The van der Waals surface area contributed by atoms with Gasteiger partial charge in [0.1, 0.15) is 10.7 Å². The highest BCUT2D eigenvalue weighted by Gasteiger charge is 2.18. The fourth-order valence-corrected chi connectivity index (χ4v) is 3.83. The quantitative estimate of drug-likeness (QED) is 0.590. The van der Waals surface area contributed by atoms with Gasteiger partial charge in [0.2, 0.25) is 0 Å². The first-order chi connectivity index (χ1) is 13.5. The number of para-hydroxylation sites is 2. The van der Waals surface area contributed by atoms with Crippen molar-refractivity contribution in [3.63, 3.8) is 0 Å². The van der Waals surface area contributed by atoms with Gasteiger partial charge in [-0.3, -0.25) is 20.4 Å². The molecule has 0 aliphatic heterocycles. The molecular formula is C19H16ClFN2O4S. The Balaban J connectivity index is 1.58. The number of benzene rings is 2. The van der Waals surface area contributed by atoms with Gasteiger partial charge in [-0.2, -0.15) is 0 Å². The second-order valence-electron chi connectivity index (χ2n) is 5.56. The first kappa shape index (κ1) is 19.9. The standard InChI is InChI=1S/C19H16ClFN2O4S/c1-2-26-13-5-3-4-6-14(13)27-10-16(24)22-23-19(25)18-17(20)12-8-7-11(21)9-15(12)28-18/h3-9H,2,10H2,1H3,(H,22,24)(H,23,25). The maximum Gasteiger partial charge on any atom is 0.281 e. The van der Waals surface area contributed by atoms with Crippen LogP contribution in [0.2, 0.25) is 5.02 Å². The van der Waals surface area contributed by atoms with E-state index >= 15 is 0 Å².